The van der Waals surface area contributed by atoms with Gasteiger partial charge >= 0.3 is 5.69 Å². The number of hydrogen-bond acceptors (Lipinski definition) is 5. The number of H-pyrrole nitrogens is 1. The standard InChI is InChI=1S/C16H16N6O3/c1-10(12-4-3-5-13(8-12)21-7-6-17-9-21)18-16(23)14-15(22(24)25)11(2)19-20-14/h3-10H,1-2H3,(H,18,23)(H,19,20). The van der Waals surface area contributed by atoms with Crippen molar-refractivity contribution in [2.45, 2.75) is 19.9 Å². The Hall–Kier alpha value is -3.49. The van der Waals surface area contributed by atoms with Crippen LogP contribution < -0.4 is 5.32 Å². The predicted molar refractivity (Wildman–Crippen MR) is 89.4 cm³/mol. The topological polar surface area (TPSA) is 119 Å². The van der Waals surface area contributed by atoms with Crippen molar-refractivity contribution in [1.29, 1.82) is 0 Å². The lowest BCUT2D eigenvalue weighted by molar-refractivity contribution is -0.385. The van der Waals surface area contributed by atoms with Crippen LogP contribution in [0.15, 0.2) is 43.0 Å². The summed E-state index contributed by atoms with van der Waals surface area (Å²) in [7, 11) is 0. The first-order valence-electron chi connectivity index (χ1n) is 7.56. The SMILES string of the molecule is Cc1[nH]nc(C(=O)NC(C)c2cccc(-n3ccnc3)c2)c1[N+](=O)[O-]. The quantitative estimate of drug-likeness (QED) is 0.545. The number of aromatic amines is 1. The Balaban J connectivity index is 1.81. The molecule has 9 heteroatoms. The molecular weight excluding hydrogens is 324 g/mol. The highest BCUT2D eigenvalue weighted by Gasteiger charge is 2.28. The van der Waals surface area contributed by atoms with E-state index in [9.17, 15) is 14.9 Å². The van der Waals surface area contributed by atoms with Crippen molar-refractivity contribution in [3.63, 3.8) is 0 Å². The molecule has 1 atom stereocenters. The summed E-state index contributed by atoms with van der Waals surface area (Å²) in [5, 5.41) is 20.1. The molecule has 0 saturated heterocycles. The fraction of sp³-hybridized carbons (Fsp3) is 0.188. The Labute approximate surface area is 142 Å². The van der Waals surface area contributed by atoms with Gasteiger partial charge in [0.1, 0.15) is 5.69 Å². The van der Waals surface area contributed by atoms with Gasteiger partial charge in [-0.1, -0.05) is 12.1 Å². The molecule has 0 bridgehead atoms. The van der Waals surface area contributed by atoms with Crippen LogP contribution in [0.5, 0.6) is 0 Å². The van der Waals surface area contributed by atoms with Gasteiger partial charge in [0, 0.05) is 18.1 Å². The third-order valence-corrected chi connectivity index (χ3v) is 3.83. The van der Waals surface area contributed by atoms with Gasteiger partial charge in [-0.25, -0.2) is 4.98 Å². The molecule has 2 heterocycles. The summed E-state index contributed by atoms with van der Waals surface area (Å²) in [5.74, 6) is -0.600. The number of aromatic nitrogens is 4. The molecule has 2 N–H and O–H groups in total. The van der Waals surface area contributed by atoms with Crippen LogP contribution in [0.3, 0.4) is 0 Å². The van der Waals surface area contributed by atoms with E-state index in [0.29, 0.717) is 0 Å². The summed E-state index contributed by atoms with van der Waals surface area (Å²) in [5.41, 5.74) is 1.47. The van der Waals surface area contributed by atoms with E-state index in [1.165, 1.54) is 6.92 Å². The number of nitrogens with one attached hydrogen (secondary N) is 2. The Morgan fingerprint density at radius 3 is 2.92 bits per heavy atom. The Kier molecular flexibility index (Phi) is 4.29. The van der Waals surface area contributed by atoms with Gasteiger partial charge in [-0.15, -0.1) is 0 Å². The Bertz CT molecular complexity index is 916. The smallest absolute Gasteiger partial charge is 0.322 e. The van der Waals surface area contributed by atoms with E-state index in [-0.39, 0.29) is 23.1 Å². The van der Waals surface area contributed by atoms with E-state index in [1.807, 2.05) is 35.0 Å². The van der Waals surface area contributed by atoms with Crippen molar-refractivity contribution in [2.75, 3.05) is 0 Å². The van der Waals surface area contributed by atoms with Crippen molar-refractivity contribution in [2.24, 2.45) is 0 Å². The molecule has 0 aliphatic heterocycles. The maximum Gasteiger partial charge on any atom is 0.322 e. The molecule has 1 aromatic carbocycles. The number of carbonyl (C=O) groups excluding carboxylic acids is 1. The first-order valence-corrected chi connectivity index (χ1v) is 7.56. The molecule has 0 fully saturated rings. The molecule has 1 unspecified atom stereocenters. The second kappa shape index (κ2) is 6.56. The van der Waals surface area contributed by atoms with Crippen molar-refractivity contribution in [3.05, 3.63) is 70.1 Å². The molecular formula is C16H16N6O3. The van der Waals surface area contributed by atoms with Crippen LogP contribution in [0.25, 0.3) is 5.69 Å². The van der Waals surface area contributed by atoms with Crippen molar-refractivity contribution < 1.29 is 9.72 Å². The van der Waals surface area contributed by atoms with Crippen LogP contribution in [0.2, 0.25) is 0 Å². The van der Waals surface area contributed by atoms with Gasteiger partial charge in [0.05, 0.1) is 17.3 Å². The maximum absolute atomic E-state index is 12.4. The van der Waals surface area contributed by atoms with E-state index in [4.69, 9.17) is 0 Å². The number of nitrogens with zero attached hydrogens (tertiary/aromatic N) is 4. The minimum absolute atomic E-state index is 0.222. The average Bonchev–Trinajstić information content (AvgIpc) is 3.24. The van der Waals surface area contributed by atoms with Gasteiger partial charge in [0.25, 0.3) is 5.91 Å². The second-order valence-corrected chi connectivity index (χ2v) is 5.56. The zero-order valence-electron chi connectivity index (χ0n) is 13.6. The summed E-state index contributed by atoms with van der Waals surface area (Å²) in [6, 6.07) is 7.22. The molecule has 0 aliphatic carbocycles. The van der Waals surface area contributed by atoms with Gasteiger partial charge in [0.15, 0.2) is 0 Å². The van der Waals surface area contributed by atoms with Crippen LogP contribution >= 0.6 is 0 Å². The largest absolute Gasteiger partial charge is 0.344 e. The number of imidazole rings is 1. The molecule has 0 radical (unpaired) electrons. The van der Waals surface area contributed by atoms with Crippen molar-refractivity contribution in [1.82, 2.24) is 25.1 Å². The summed E-state index contributed by atoms with van der Waals surface area (Å²) in [6.07, 6.45) is 5.17. The van der Waals surface area contributed by atoms with Crippen LogP contribution in [-0.2, 0) is 0 Å². The number of benzene rings is 1. The lowest BCUT2D eigenvalue weighted by Gasteiger charge is -2.14. The molecule has 9 nitrogen and oxygen atoms in total. The number of rotatable bonds is 5. The van der Waals surface area contributed by atoms with Crippen molar-refractivity contribution >= 4 is 11.6 Å². The van der Waals surface area contributed by atoms with Gasteiger partial charge in [-0.2, -0.15) is 5.10 Å². The predicted octanol–water partition coefficient (Wildman–Crippen LogP) is 2.30. The Morgan fingerprint density at radius 1 is 1.44 bits per heavy atom. The summed E-state index contributed by atoms with van der Waals surface area (Å²) >= 11 is 0. The van der Waals surface area contributed by atoms with Crippen molar-refractivity contribution in [3.8, 4) is 5.69 Å². The van der Waals surface area contributed by atoms with E-state index < -0.39 is 10.8 Å². The minimum atomic E-state index is -0.613. The molecule has 0 aliphatic rings. The zero-order valence-corrected chi connectivity index (χ0v) is 13.6. The van der Waals surface area contributed by atoms with Gasteiger partial charge < -0.3 is 9.88 Å². The number of carbonyl (C=O) groups is 1. The van der Waals surface area contributed by atoms with E-state index in [1.54, 1.807) is 19.4 Å². The lowest BCUT2D eigenvalue weighted by atomic mass is 10.1. The number of hydrogen-bond donors (Lipinski definition) is 2. The van der Waals surface area contributed by atoms with E-state index >= 15 is 0 Å². The molecule has 25 heavy (non-hydrogen) atoms. The fourth-order valence-corrected chi connectivity index (χ4v) is 2.52. The molecule has 3 aromatic rings. The fourth-order valence-electron chi connectivity index (χ4n) is 2.52. The van der Waals surface area contributed by atoms with Gasteiger partial charge in [-0.3, -0.25) is 20.0 Å². The third kappa shape index (κ3) is 3.25. The summed E-state index contributed by atoms with van der Waals surface area (Å²) in [4.78, 5) is 26.9. The highest BCUT2D eigenvalue weighted by molar-refractivity contribution is 5.96. The molecule has 1 amide bonds. The molecule has 128 valence electrons. The zero-order chi connectivity index (χ0) is 18.0. The second-order valence-electron chi connectivity index (χ2n) is 5.56. The highest BCUT2D eigenvalue weighted by atomic mass is 16.6. The monoisotopic (exact) mass is 340 g/mol. The number of nitro groups is 1. The molecule has 0 spiro atoms. The molecule has 2 aromatic heterocycles. The maximum atomic E-state index is 12.4. The lowest BCUT2D eigenvalue weighted by Crippen LogP contribution is -2.27. The highest BCUT2D eigenvalue weighted by Crippen LogP contribution is 2.22. The summed E-state index contributed by atoms with van der Waals surface area (Å²) in [6.45, 7) is 3.30. The van der Waals surface area contributed by atoms with Crippen LogP contribution in [0.4, 0.5) is 5.69 Å². The first kappa shape index (κ1) is 16.4. The summed E-state index contributed by atoms with van der Waals surface area (Å²) < 4.78 is 1.85. The number of aryl methyl sites for hydroxylation is 1. The minimum Gasteiger partial charge on any atom is -0.344 e. The van der Waals surface area contributed by atoms with Gasteiger partial charge in [-0.05, 0) is 31.5 Å². The van der Waals surface area contributed by atoms with Crippen LogP contribution in [0.1, 0.15) is 34.7 Å². The number of amides is 1. The van der Waals surface area contributed by atoms with Gasteiger partial charge in [0.2, 0.25) is 5.69 Å². The van der Waals surface area contributed by atoms with Crippen LogP contribution in [-0.4, -0.2) is 30.6 Å². The third-order valence-electron chi connectivity index (χ3n) is 3.83. The molecule has 3 rings (SSSR count). The molecule has 0 saturated carbocycles. The van der Waals surface area contributed by atoms with Crippen LogP contribution in [0, 0.1) is 17.0 Å². The van der Waals surface area contributed by atoms with E-state index in [0.717, 1.165) is 11.3 Å². The normalized spacial score (nSPS) is 11.9. The first-order chi connectivity index (χ1) is 12.0. The van der Waals surface area contributed by atoms with E-state index in [2.05, 4.69) is 20.5 Å². The average molecular weight is 340 g/mol. The Morgan fingerprint density at radius 2 is 2.24 bits per heavy atom.